The molecule has 0 bridgehead atoms. The van der Waals surface area contributed by atoms with E-state index in [0.29, 0.717) is 17.4 Å². The van der Waals surface area contributed by atoms with Crippen LogP contribution in [0.3, 0.4) is 0 Å². The lowest BCUT2D eigenvalue weighted by molar-refractivity contribution is -0.137. The Balaban J connectivity index is 2.02. The number of halogens is 4. The predicted molar refractivity (Wildman–Crippen MR) is 90.4 cm³/mol. The van der Waals surface area contributed by atoms with E-state index in [0.717, 1.165) is 10.9 Å². The SMILES string of the molecule is CCN(CC(=O)Nc1ccccc1C(F)(F)F)Cc1ccc(Cl)s1. The van der Waals surface area contributed by atoms with Crippen LogP contribution in [0.25, 0.3) is 0 Å². The number of nitrogens with one attached hydrogen (secondary N) is 1. The van der Waals surface area contributed by atoms with Gasteiger partial charge >= 0.3 is 6.18 Å². The minimum atomic E-state index is -4.51. The van der Waals surface area contributed by atoms with Gasteiger partial charge in [-0.05, 0) is 30.8 Å². The molecule has 24 heavy (non-hydrogen) atoms. The van der Waals surface area contributed by atoms with Gasteiger partial charge in [0.2, 0.25) is 5.91 Å². The topological polar surface area (TPSA) is 32.3 Å². The molecule has 0 aliphatic rings. The monoisotopic (exact) mass is 376 g/mol. The number of hydrogen-bond acceptors (Lipinski definition) is 3. The summed E-state index contributed by atoms with van der Waals surface area (Å²) in [4.78, 5) is 14.9. The molecule has 0 spiro atoms. The van der Waals surface area contributed by atoms with Crippen molar-refractivity contribution in [2.45, 2.75) is 19.6 Å². The number of hydrogen-bond donors (Lipinski definition) is 1. The third kappa shape index (κ3) is 5.22. The van der Waals surface area contributed by atoms with Gasteiger partial charge in [0.15, 0.2) is 0 Å². The van der Waals surface area contributed by atoms with Gasteiger partial charge in [0.25, 0.3) is 0 Å². The van der Waals surface area contributed by atoms with Crippen LogP contribution in [0.4, 0.5) is 18.9 Å². The molecule has 3 nitrogen and oxygen atoms in total. The van der Waals surface area contributed by atoms with Gasteiger partial charge in [-0.15, -0.1) is 11.3 Å². The maximum Gasteiger partial charge on any atom is 0.418 e. The van der Waals surface area contributed by atoms with Crippen molar-refractivity contribution in [3.05, 3.63) is 51.2 Å². The molecular formula is C16H16ClF3N2OS. The lowest BCUT2D eigenvalue weighted by atomic mass is 10.1. The van der Waals surface area contributed by atoms with Gasteiger partial charge in [0, 0.05) is 11.4 Å². The second kappa shape index (κ2) is 8.00. The minimum absolute atomic E-state index is 0.00178. The minimum Gasteiger partial charge on any atom is -0.324 e. The first-order chi connectivity index (χ1) is 11.3. The summed E-state index contributed by atoms with van der Waals surface area (Å²) in [5.41, 5.74) is -1.09. The van der Waals surface area contributed by atoms with Crippen molar-refractivity contribution in [3.8, 4) is 0 Å². The van der Waals surface area contributed by atoms with Gasteiger partial charge in [-0.1, -0.05) is 30.7 Å². The van der Waals surface area contributed by atoms with Crippen LogP contribution in [-0.2, 0) is 17.5 Å². The van der Waals surface area contributed by atoms with Crippen LogP contribution in [0.2, 0.25) is 4.34 Å². The van der Waals surface area contributed by atoms with Crippen molar-refractivity contribution >= 4 is 34.5 Å². The highest BCUT2D eigenvalue weighted by molar-refractivity contribution is 7.16. The number of para-hydroxylation sites is 1. The molecule has 1 amide bonds. The highest BCUT2D eigenvalue weighted by Crippen LogP contribution is 2.34. The molecule has 2 aromatic rings. The van der Waals surface area contributed by atoms with E-state index in [1.165, 1.54) is 29.5 Å². The first-order valence-corrected chi connectivity index (χ1v) is 8.41. The van der Waals surface area contributed by atoms with Gasteiger partial charge in [-0.3, -0.25) is 9.69 Å². The molecule has 1 N–H and O–H groups in total. The number of rotatable bonds is 6. The molecule has 1 aromatic carbocycles. The van der Waals surface area contributed by atoms with Crippen LogP contribution >= 0.6 is 22.9 Å². The molecule has 0 aliphatic heterocycles. The van der Waals surface area contributed by atoms with Crippen LogP contribution in [-0.4, -0.2) is 23.9 Å². The fourth-order valence-electron chi connectivity index (χ4n) is 2.17. The molecule has 8 heteroatoms. The summed E-state index contributed by atoms with van der Waals surface area (Å²) in [6.45, 7) is 2.98. The van der Waals surface area contributed by atoms with E-state index in [9.17, 15) is 18.0 Å². The Labute approximate surface area is 147 Å². The number of alkyl halides is 3. The van der Waals surface area contributed by atoms with Crippen LogP contribution in [0.15, 0.2) is 36.4 Å². The van der Waals surface area contributed by atoms with Crippen molar-refractivity contribution in [3.63, 3.8) is 0 Å². The van der Waals surface area contributed by atoms with E-state index in [2.05, 4.69) is 5.32 Å². The number of carbonyl (C=O) groups is 1. The Bertz CT molecular complexity index is 703. The van der Waals surface area contributed by atoms with E-state index in [-0.39, 0.29) is 12.2 Å². The Morgan fingerprint density at radius 2 is 1.96 bits per heavy atom. The molecule has 1 aromatic heterocycles. The highest BCUT2D eigenvalue weighted by atomic mass is 35.5. The number of amides is 1. The zero-order valence-corrected chi connectivity index (χ0v) is 14.4. The second-order valence-corrected chi connectivity index (χ2v) is 6.90. The van der Waals surface area contributed by atoms with Crippen LogP contribution in [0.1, 0.15) is 17.4 Å². The van der Waals surface area contributed by atoms with Crippen LogP contribution < -0.4 is 5.32 Å². The quantitative estimate of drug-likeness (QED) is 0.779. The van der Waals surface area contributed by atoms with Gasteiger partial charge in [0.05, 0.1) is 22.1 Å². The second-order valence-electron chi connectivity index (χ2n) is 5.10. The highest BCUT2D eigenvalue weighted by Gasteiger charge is 2.33. The lowest BCUT2D eigenvalue weighted by Crippen LogP contribution is -2.33. The molecule has 0 unspecified atom stereocenters. The van der Waals surface area contributed by atoms with Crippen molar-refractivity contribution in [1.29, 1.82) is 0 Å². The standard InChI is InChI=1S/C16H16ClF3N2OS/c1-2-22(9-11-7-8-14(17)24-11)10-15(23)21-13-6-4-3-5-12(13)16(18,19)20/h3-8H,2,9-10H2,1H3,(H,21,23). The third-order valence-corrected chi connectivity index (χ3v) is 4.55. The van der Waals surface area contributed by atoms with Crippen LogP contribution in [0, 0.1) is 0 Å². The number of thiophene rings is 1. The summed E-state index contributed by atoms with van der Waals surface area (Å²) < 4.78 is 39.5. The Morgan fingerprint density at radius 3 is 2.54 bits per heavy atom. The average molecular weight is 377 g/mol. The van der Waals surface area contributed by atoms with E-state index in [1.54, 1.807) is 6.07 Å². The van der Waals surface area contributed by atoms with Gasteiger partial charge in [0.1, 0.15) is 0 Å². The molecule has 0 saturated carbocycles. The maximum absolute atomic E-state index is 12.9. The van der Waals surface area contributed by atoms with E-state index < -0.39 is 17.6 Å². The smallest absolute Gasteiger partial charge is 0.324 e. The van der Waals surface area contributed by atoms with E-state index in [4.69, 9.17) is 11.6 Å². The van der Waals surface area contributed by atoms with E-state index >= 15 is 0 Å². The van der Waals surface area contributed by atoms with Crippen molar-refractivity contribution in [2.24, 2.45) is 0 Å². The first-order valence-electron chi connectivity index (χ1n) is 7.22. The van der Waals surface area contributed by atoms with Gasteiger partial charge in [-0.2, -0.15) is 13.2 Å². The van der Waals surface area contributed by atoms with Gasteiger partial charge in [-0.25, -0.2) is 0 Å². The van der Waals surface area contributed by atoms with Crippen molar-refractivity contribution in [1.82, 2.24) is 4.90 Å². The first kappa shape index (κ1) is 18.8. The number of carbonyl (C=O) groups excluding carboxylic acids is 1. The number of likely N-dealkylation sites (N-methyl/N-ethyl adjacent to an activating group) is 1. The normalized spacial score (nSPS) is 11.8. The molecule has 2 rings (SSSR count). The third-order valence-electron chi connectivity index (χ3n) is 3.33. The average Bonchev–Trinajstić information content (AvgIpc) is 2.91. The fourth-order valence-corrected chi connectivity index (χ4v) is 3.30. The Morgan fingerprint density at radius 1 is 1.25 bits per heavy atom. The van der Waals surface area contributed by atoms with Crippen molar-refractivity contribution in [2.75, 3.05) is 18.4 Å². The van der Waals surface area contributed by atoms with E-state index in [1.807, 2.05) is 17.9 Å². The number of anilines is 1. The molecule has 0 saturated heterocycles. The molecule has 1 heterocycles. The zero-order valence-electron chi connectivity index (χ0n) is 12.9. The number of nitrogens with zero attached hydrogens (tertiary/aromatic N) is 1. The fraction of sp³-hybridized carbons (Fsp3) is 0.312. The van der Waals surface area contributed by atoms with Crippen molar-refractivity contribution < 1.29 is 18.0 Å². The Kier molecular flexibility index (Phi) is 6.26. The summed E-state index contributed by atoms with van der Waals surface area (Å²) in [6.07, 6.45) is -4.51. The zero-order chi connectivity index (χ0) is 17.7. The summed E-state index contributed by atoms with van der Waals surface area (Å²) in [5, 5.41) is 2.35. The molecule has 0 aliphatic carbocycles. The van der Waals surface area contributed by atoms with Crippen LogP contribution in [0.5, 0.6) is 0 Å². The lowest BCUT2D eigenvalue weighted by Gasteiger charge is -2.20. The predicted octanol–water partition coefficient (Wildman–Crippen LogP) is 4.88. The van der Waals surface area contributed by atoms with Gasteiger partial charge < -0.3 is 5.32 Å². The number of benzene rings is 1. The Hall–Kier alpha value is -1.57. The largest absolute Gasteiger partial charge is 0.418 e. The summed E-state index contributed by atoms with van der Waals surface area (Å²) in [6, 6.07) is 8.58. The molecule has 0 fully saturated rings. The summed E-state index contributed by atoms with van der Waals surface area (Å²) in [7, 11) is 0. The summed E-state index contributed by atoms with van der Waals surface area (Å²) >= 11 is 7.29. The summed E-state index contributed by atoms with van der Waals surface area (Å²) in [5.74, 6) is -0.490. The molecular weight excluding hydrogens is 361 g/mol. The maximum atomic E-state index is 12.9. The molecule has 130 valence electrons. The molecule has 0 radical (unpaired) electrons. The molecule has 0 atom stereocenters.